The van der Waals surface area contributed by atoms with Crippen LogP contribution in [0.4, 0.5) is 5.82 Å². The third kappa shape index (κ3) is 3.45. The number of ketones is 1. The number of carbonyl (C=O) groups is 1. The number of carbonyl (C=O) groups excluding carboxylic acids is 1. The number of thioether (sulfide) groups is 1. The topological polar surface area (TPSA) is 139 Å². The van der Waals surface area contributed by atoms with Gasteiger partial charge in [0.1, 0.15) is 16.3 Å². The van der Waals surface area contributed by atoms with Crippen molar-refractivity contribution in [2.24, 2.45) is 14.1 Å². The molecule has 0 saturated heterocycles. The standard InChI is InChI=1S/C15H16N6O4S2/c1-6-10(27-7(2)17-6)12-18-19-14(25-12)26-5-8(22)9-11(16)20(3)15(24)21(4)13(9)23/h5,16H2,1-4H3. The second-order valence-electron chi connectivity index (χ2n) is 5.70. The van der Waals surface area contributed by atoms with Crippen LogP contribution in [0.2, 0.25) is 0 Å². The van der Waals surface area contributed by atoms with Gasteiger partial charge in [0, 0.05) is 14.1 Å². The highest BCUT2D eigenvalue weighted by atomic mass is 32.2. The zero-order valence-electron chi connectivity index (χ0n) is 15.0. The van der Waals surface area contributed by atoms with E-state index >= 15 is 0 Å². The summed E-state index contributed by atoms with van der Waals surface area (Å²) in [4.78, 5) is 41.6. The maximum atomic E-state index is 12.5. The van der Waals surface area contributed by atoms with E-state index in [0.29, 0.717) is 5.89 Å². The van der Waals surface area contributed by atoms with Gasteiger partial charge >= 0.3 is 5.69 Å². The van der Waals surface area contributed by atoms with Gasteiger partial charge < -0.3 is 10.2 Å². The minimum atomic E-state index is -0.733. The summed E-state index contributed by atoms with van der Waals surface area (Å²) in [7, 11) is 2.68. The number of hydrogen-bond donors (Lipinski definition) is 1. The Kier molecular flexibility index (Phi) is 5.02. The molecular formula is C15H16N6O4S2. The fourth-order valence-corrected chi connectivity index (χ4v) is 3.89. The van der Waals surface area contributed by atoms with E-state index in [1.54, 1.807) is 0 Å². The largest absolute Gasteiger partial charge is 0.410 e. The molecule has 0 radical (unpaired) electrons. The predicted molar refractivity (Wildman–Crippen MR) is 101 cm³/mol. The quantitative estimate of drug-likeness (QED) is 0.479. The van der Waals surface area contributed by atoms with Crippen LogP contribution in [0.1, 0.15) is 21.1 Å². The molecule has 12 heteroatoms. The van der Waals surface area contributed by atoms with E-state index in [1.807, 2.05) is 13.8 Å². The molecule has 0 saturated carbocycles. The second kappa shape index (κ2) is 7.12. The summed E-state index contributed by atoms with van der Waals surface area (Å²) in [5, 5.41) is 8.94. The number of nitrogens with zero attached hydrogens (tertiary/aromatic N) is 5. The summed E-state index contributed by atoms with van der Waals surface area (Å²) >= 11 is 2.42. The van der Waals surface area contributed by atoms with Gasteiger partial charge in [0.15, 0.2) is 5.78 Å². The van der Waals surface area contributed by atoms with Crippen LogP contribution in [-0.2, 0) is 14.1 Å². The normalized spacial score (nSPS) is 11.1. The Balaban J connectivity index is 1.81. The number of Topliss-reactive ketones (excluding diaryl/α,β-unsaturated/α-hetero) is 1. The van der Waals surface area contributed by atoms with Gasteiger partial charge in [0.05, 0.1) is 16.5 Å². The Morgan fingerprint density at radius 3 is 2.56 bits per heavy atom. The molecule has 0 aliphatic carbocycles. The molecule has 0 amide bonds. The number of aryl methyl sites for hydroxylation is 2. The predicted octanol–water partition coefficient (Wildman–Crippen LogP) is 0.765. The molecule has 27 heavy (non-hydrogen) atoms. The Morgan fingerprint density at radius 1 is 1.22 bits per heavy atom. The van der Waals surface area contributed by atoms with Crippen LogP contribution in [0.3, 0.4) is 0 Å². The fourth-order valence-electron chi connectivity index (χ4n) is 2.41. The molecule has 0 spiro atoms. The summed E-state index contributed by atoms with van der Waals surface area (Å²) < 4.78 is 7.46. The number of aromatic nitrogens is 5. The smallest absolute Gasteiger partial charge is 0.332 e. The van der Waals surface area contributed by atoms with Crippen molar-refractivity contribution in [3.63, 3.8) is 0 Å². The van der Waals surface area contributed by atoms with Crippen molar-refractivity contribution in [3.8, 4) is 10.8 Å². The number of anilines is 1. The average Bonchev–Trinajstić information content (AvgIpc) is 3.22. The van der Waals surface area contributed by atoms with Crippen LogP contribution in [-0.4, -0.2) is 35.9 Å². The first-order valence-corrected chi connectivity index (χ1v) is 9.50. The molecule has 0 aliphatic heterocycles. The maximum absolute atomic E-state index is 12.5. The van der Waals surface area contributed by atoms with Crippen LogP contribution in [0.25, 0.3) is 10.8 Å². The summed E-state index contributed by atoms with van der Waals surface area (Å²) in [5.41, 5.74) is 5.00. The molecule has 0 unspecified atom stereocenters. The van der Waals surface area contributed by atoms with Crippen molar-refractivity contribution in [2.45, 2.75) is 19.1 Å². The Morgan fingerprint density at radius 2 is 1.93 bits per heavy atom. The molecule has 0 aromatic carbocycles. The van der Waals surface area contributed by atoms with Gasteiger partial charge in [-0.1, -0.05) is 11.8 Å². The average molecular weight is 408 g/mol. The third-order valence-corrected chi connectivity index (χ3v) is 5.70. The van der Waals surface area contributed by atoms with Crippen LogP contribution in [0.15, 0.2) is 19.2 Å². The molecule has 0 atom stereocenters. The molecule has 3 aromatic rings. The minimum Gasteiger partial charge on any atom is -0.410 e. The van der Waals surface area contributed by atoms with E-state index in [1.165, 1.54) is 25.4 Å². The maximum Gasteiger partial charge on any atom is 0.332 e. The lowest BCUT2D eigenvalue weighted by atomic mass is 10.2. The van der Waals surface area contributed by atoms with Crippen molar-refractivity contribution >= 4 is 34.7 Å². The Hall–Kier alpha value is -2.73. The van der Waals surface area contributed by atoms with Crippen LogP contribution in [0, 0.1) is 13.8 Å². The van der Waals surface area contributed by atoms with E-state index in [4.69, 9.17) is 10.2 Å². The van der Waals surface area contributed by atoms with E-state index in [9.17, 15) is 14.4 Å². The SMILES string of the molecule is Cc1nc(C)c(-c2nnc(SCC(=O)c3c(N)n(C)c(=O)n(C)c3=O)o2)s1. The van der Waals surface area contributed by atoms with Gasteiger partial charge in [-0.25, -0.2) is 9.78 Å². The van der Waals surface area contributed by atoms with Gasteiger partial charge in [-0.2, -0.15) is 0 Å². The lowest BCUT2D eigenvalue weighted by molar-refractivity contribution is 0.102. The van der Waals surface area contributed by atoms with E-state index in [2.05, 4.69) is 15.2 Å². The number of rotatable bonds is 5. The first-order chi connectivity index (χ1) is 12.7. The monoisotopic (exact) mass is 408 g/mol. The number of nitrogen functional groups attached to an aromatic ring is 1. The number of nitrogens with two attached hydrogens (primary N) is 1. The highest BCUT2D eigenvalue weighted by Gasteiger charge is 2.22. The molecule has 3 rings (SSSR count). The highest BCUT2D eigenvalue weighted by Crippen LogP contribution is 2.30. The number of hydrogen-bond acceptors (Lipinski definition) is 10. The molecule has 142 valence electrons. The summed E-state index contributed by atoms with van der Waals surface area (Å²) in [6, 6.07) is 0. The minimum absolute atomic E-state index is 0.139. The second-order valence-corrected chi connectivity index (χ2v) is 7.83. The van der Waals surface area contributed by atoms with E-state index < -0.39 is 17.0 Å². The summed E-state index contributed by atoms with van der Waals surface area (Å²) in [6.07, 6.45) is 0. The molecule has 2 N–H and O–H groups in total. The van der Waals surface area contributed by atoms with Gasteiger partial charge in [-0.15, -0.1) is 21.5 Å². The molecule has 3 heterocycles. The fraction of sp³-hybridized carbons (Fsp3) is 0.333. The van der Waals surface area contributed by atoms with Crippen molar-refractivity contribution in [1.82, 2.24) is 24.3 Å². The first-order valence-electron chi connectivity index (χ1n) is 7.70. The van der Waals surface area contributed by atoms with Crippen molar-refractivity contribution in [2.75, 3.05) is 11.5 Å². The van der Waals surface area contributed by atoms with E-state index in [-0.39, 0.29) is 22.4 Å². The van der Waals surface area contributed by atoms with Gasteiger partial charge in [0.25, 0.3) is 16.7 Å². The van der Waals surface area contributed by atoms with Crippen LogP contribution in [0.5, 0.6) is 0 Å². The van der Waals surface area contributed by atoms with Crippen molar-refractivity contribution < 1.29 is 9.21 Å². The Labute approximate surface area is 161 Å². The molecule has 3 aromatic heterocycles. The number of thiazole rings is 1. The van der Waals surface area contributed by atoms with Gasteiger partial charge in [-0.05, 0) is 13.8 Å². The highest BCUT2D eigenvalue weighted by molar-refractivity contribution is 7.99. The van der Waals surface area contributed by atoms with Crippen molar-refractivity contribution in [3.05, 3.63) is 37.1 Å². The molecule has 0 fully saturated rings. The third-order valence-electron chi connectivity index (χ3n) is 3.82. The summed E-state index contributed by atoms with van der Waals surface area (Å²) in [6.45, 7) is 3.72. The van der Waals surface area contributed by atoms with Gasteiger partial charge in [-0.3, -0.25) is 18.7 Å². The van der Waals surface area contributed by atoms with E-state index in [0.717, 1.165) is 36.5 Å². The Bertz CT molecular complexity index is 1160. The zero-order chi connectivity index (χ0) is 19.9. The molecular weight excluding hydrogens is 392 g/mol. The lowest BCUT2D eigenvalue weighted by Crippen LogP contribution is -2.41. The zero-order valence-corrected chi connectivity index (χ0v) is 16.6. The molecule has 0 aliphatic rings. The molecule has 10 nitrogen and oxygen atoms in total. The van der Waals surface area contributed by atoms with Crippen molar-refractivity contribution in [1.29, 1.82) is 0 Å². The van der Waals surface area contributed by atoms with Crippen LogP contribution < -0.4 is 17.0 Å². The summed E-state index contributed by atoms with van der Waals surface area (Å²) in [5.74, 6) is -0.514. The molecule has 0 bridgehead atoms. The first kappa shape index (κ1) is 19.0. The van der Waals surface area contributed by atoms with Crippen LogP contribution >= 0.6 is 23.1 Å². The lowest BCUT2D eigenvalue weighted by Gasteiger charge is -2.10. The van der Waals surface area contributed by atoms with Gasteiger partial charge in [0.2, 0.25) is 0 Å².